The van der Waals surface area contributed by atoms with Gasteiger partial charge in [-0.2, -0.15) is 8.42 Å². The molecule has 0 aromatic heterocycles. The monoisotopic (exact) mass is 402 g/mol. The van der Waals surface area contributed by atoms with Gasteiger partial charge in [0.1, 0.15) is 18.0 Å². The van der Waals surface area contributed by atoms with Crippen molar-refractivity contribution in [2.45, 2.75) is 46.0 Å². The second-order valence-electron chi connectivity index (χ2n) is 7.19. The van der Waals surface area contributed by atoms with Gasteiger partial charge in [-0.15, -0.1) is 0 Å². The van der Waals surface area contributed by atoms with E-state index in [0.29, 0.717) is 36.4 Å². The molecule has 1 aliphatic heterocycles. The highest BCUT2D eigenvalue weighted by atomic mass is 32.2. The summed E-state index contributed by atoms with van der Waals surface area (Å²) in [5, 5.41) is 19.0. The third-order valence-corrected chi connectivity index (χ3v) is 5.95. The van der Waals surface area contributed by atoms with Gasteiger partial charge < -0.3 is 10.2 Å². The molecule has 0 saturated carbocycles. The Morgan fingerprint density at radius 3 is 2.52 bits per heavy atom. The molecule has 10 heteroatoms. The fraction of sp³-hybridized carbons (Fsp3) is 0.529. The minimum Gasteiger partial charge on any atom is -0.506 e. The van der Waals surface area contributed by atoms with E-state index in [2.05, 4.69) is 0 Å². The predicted octanol–water partition coefficient (Wildman–Crippen LogP) is 1.93. The van der Waals surface area contributed by atoms with Crippen molar-refractivity contribution in [3.63, 3.8) is 0 Å². The summed E-state index contributed by atoms with van der Waals surface area (Å²) in [4.78, 5) is 22.4. The fourth-order valence-electron chi connectivity index (χ4n) is 2.84. The Kier molecular flexibility index (Phi) is 5.98. The molecule has 2 rings (SSSR count). The Morgan fingerprint density at radius 2 is 1.96 bits per heavy atom. The molecule has 1 aromatic rings. The van der Waals surface area contributed by atoms with E-state index in [9.17, 15) is 27.5 Å². The minimum absolute atomic E-state index is 0.217. The number of rotatable bonds is 8. The maximum absolute atomic E-state index is 14.8. The van der Waals surface area contributed by atoms with Crippen LogP contribution in [0.1, 0.15) is 45.1 Å². The molecule has 0 unspecified atom stereocenters. The Hall–Kier alpha value is -2.36. The molecule has 0 spiro atoms. The lowest BCUT2D eigenvalue weighted by molar-refractivity contribution is -0.147. The lowest BCUT2D eigenvalue weighted by Crippen LogP contribution is -2.30. The number of carbonyl (C=O) groups excluding carboxylic acids is 1. The molecule has 1 heterocycles. The van der Waals surface area contributed by atoms with Crippen molar-refractivity contribution in [1.82, 2.24) is 4.72 Å². The Morgan fingerprint density at radius 1 is 1.30 bits per heavy atom. The zero-order chi connectivity index (χ0) is 20.4. The molecule has 1 fully saturated rings. The first-order valence-electron chi connectivity index (χ1n) is 8.53. The van der Waals surface area contributed by atoms with Crippen molar-refractivity contribution in [3.8, 4) is 5.75 Å². The molecule has 0 atom stereocenters. The molecule has 1 saturated heterocycles. The molecule has 3 N–H and O–H groups in total. The number of benzene rings is 1. The number of nitrogens with zero attached hydrogens (tertiary/aromatic N) is 1. The van der Waals surface area contributed by atoms with E-state index in [1.807, 2.05) is 0 Å². The summed E-state index contributed by atoms with van der Waals surface area (Å²) >= 11 is 0. The SMILES string of the molecule is CC(C)(CCCCCc1ccc(O)c(N2CC(=O)NS2(=O)=O)c1F)C(=O)O. The van der Waals surface area contributed by atoms with E-state index < -0.39 is 51.3 Å². The van der Waals surface area contributed by atoms with Crippen LogP contribution in [0.2, 0.25) is 0 Å². The van der Waals surface area contributed by atoms with Crippen molar-refractivity contribution in [3.05, 3.63) is 23.5 Å². The summed E-state index contributed by atoms with van der Waals surface area (Å²) in [6, 6.07) is 2.56. The summed E-state index contributed by atoms with van der Waals surface area (Å²) in [7, 11) is -4.23. The van der Waals surface area contributed by atoms with Crippen LogP contribution in [0.5, 0.6) is 5.75 Å². The average molecular weight is 402 g/mol. The topological polar surface area (TPSA) is 124 Å². The summed E-state index contributed by atoms with van der Waals surface area (Å²) in [6.45, 7) is 2.70. The third kappa shape index (κ3) is 4.68. The zero-order valence-corrected chi connectivity index (χ0v) is 16.0. The Balaban J connectivity index is 2.06. The summed E-state index contributed by atoms with van der Waals surface area (Å²) in [5.41, 5.74) is -1.15. The van der Waals surface area contributed by atoms with Crippen LogP contribution in [0, 0.1) is 11.2 Å². The van der Waals surface area contributed by atoms with Crippen molar-refractivity contribution in [2.75, 3.05) is 10.8 Å². The van der Waals surface area contributed by atoms with Gasteiger partial charge in [-0.25, -0.2) is 13.4 Å². The number of anilines is 1. The van der Waals surface area contributed by atoms with Crippen LogP contribution >= 0.6 is 0 Å². The van der Waals surface area contributed by atoms with Gasteiger partial charge in [0.05, 0.1) is 5.41 Å². The Bertz CT molecular complexity index is 853. The number of hydrogen-bond donors (Lipinski definition) is 3. The van der Waals surface area contributed by atoms with Gasteiger partial charge in [0.25, 0.3) is 5.91 Å². The second kappa shape index (κ2) is 7.71. The standard InChI is InChI=1S/C17H23FN2O6S/c1-17(2,16(23)24)9-5-3-4-6-11-7-8-12(21)15(14(11)18)20-10-13(22)19-27(20,25)26/h7-8,21H,3-6,9-10H2,1-2H3,(H,19,22)(H,23,24). The molecule has 8 nitrogen and oxygen atoms in total. The molecule has 1 aromatic carbocycles. The zero-order valence-electron chi connectivity index (χ0n) is 15.2. The van der Waals surface area contributed by atoms with Crippen LogP contribution in [0.25, 0.3) is 0 Å². The number of amides is 1. The second-order valence-corrected chi connectivity index (χ2v) is 8.79. The molecule has 27 heavy (non-hydrogen) atoms. The summed E-state index contributed by atoms with van der Waals surface area (Å²) in [5.74, 6) is -3.13. The first-order valence-corrected chi connectivity index (χ1v) is 9.97. The predicted molar refractivity (Wildman–Crippen MR) is 96.1 cm³/mol. The lowest BCUT2D eigenvalue weighted by atomic mass is 9.87. The fourth-order valence-corrected chi connectivity index (χ4v) is 4.00. The van der Waals surface area contributed by atoms with Crippen molar-refractivity contribution in [1.29, 1.82) is 0 Å². The maximum Gasteiger partial charge on any atom is 0.326 e. The lowest BCUT2D eigenvalue weighted by Gasteiger charge is -2.19. The van der Waals surface area contributed by atoms with Crippen LogP contribution in [0.15, 0.2) is 12.1 Å². The van der Waals surface area contributed by atoms with E-state index in [4.69, 9.17) is 5.11 Å². The number of aliphatic carboxylic acids is 1. The number of phenols is 1. The normalized spacial score (nSPS) is 16.4. The van der Waals surface area contributed by atoms with E-state index in [-0.39, 0.29) is 5.56 Å². The largest absolute Gasteiger partial charge is 0.506 e. The first kappa shape index (κ1) is 20.9. The van der Waals surface area contributed by atoms with Crippen molar-refractivity contribution < 1.29 is 32.6 Å². The van der Waals surface area contributed by atoms with Crippen molar-refractivity contribution in [2.24, 2.45) is 5.41 Å². The van der Waals surface area contributed by atoms with Gasteiger partial charge in [-0.3, -0.25) is 9.59 Å². The van der Waals surface area contributed by atoms with Crippen LogP contribution in [0.3, 0.4) is 0 Å². The first-order chi connectivity index (χ1) is 12.5. The van der Waals surface area contributed by atoms with E-state index >= 15 is 0 Å². The van der Waals surface area contributed by atoms with Crippen molar-refractivity contribution >= 4 is 27.8 Å². The highest BCUT2D eigenvalue weighted by Gasteiger charge is 2.37. The number of carboxylic acid groups (broad SMARTS) is 1. The number of hydrogen-bond acceptors (Lipinski definition) is 5. The minimum atomic E-state index is -4.23. The molecular weight excluding hydrogens is 379 g/mol. The molecule has 150 valence electrons. The number of nitrogens with one attached hydrogen (secondary N) is 1. The van der Waals surface area contributed by atoms with E-state index in [1.165, 1.54) is 12.1 Å². The number of unbranched alkanes of at least 4 members (excludes halogenated alkanes) is 2. The quantitative estimate of drug-likeness (QED) is 0.571. The van der Waals surface area contributed by atoms with Gasteiger partial charge in [0.2, 0.25) is 0 Å². The van der Waals surface area contributed by atoms with Crippen LogP contribution in [-0.4, -0.2) is 37.1 Å². The molecule has 1 aliphatic rings. The Labute approximate surface area is 157 Å². The van der Waals surface area contributed by atoms with Gasteiger partial charge in [-0.1, -0.05) is 18.9 Å². The van der Waals surface area contributed by atoms with Gasteiger partial charge in [0.15, 0.2) is 5.82 Å². The third-order valence-electron chi connectivity index (χ3n) is 4.57. The highest BCUT2D eigenvalue weighted by molar-refractivity contribution is 7.92. The van der Waals surface area contributed by atoms with Crippen LogP contribution in [-0.2, 0) is 26.2 Å². The number of aromatic hydroxyl groups is 1. The van der Waals surface area contributed by atoms with Gasteiger partial charge in [-0.05, 0) is 44.7 Å². The number of phenolic OH excluding ortho intramolecular Hbond substituents is 1. The van der Waals surface area contributed by atoms with E-state index in [0.717, 1.165) is 0 Å². The molecule has 0 radical (unpaired) electrons. The maximum atomic E-state index is 14.8. The smallest absolute Gasteiger partial charge is 0.326 e. The average Bonchev–Trinajstić information content (AvgIpc) is 2.81. The van der Waals surface area contributed by atoms with Gasteiger partial charge >= 0.3 is 16.2 Å². The molecule has 0 bridgehead atoms. The van der Waals surface area contributed by atoms with Crippen LogP contribution < -0.4 is 9.03 Å². The van der Waals surface area contributed by atoms with Crippen LogP contribution in [0.4, 0.5) is 10.1 Å². The van der Waals surface area contributed by atoms with Gasteiger partial charge in [0, 0.05) is 0 Å². The van der Waals surface area contributed by atoms with E-state index in [1.54, 1.807) is 18.6 Å². The summed E-state index contributed by atoms with van der Waals surface area (Å²) < 4.78 is 40.8. The summed E-state index contributed by atoms with van der Waals surface area (Å²) in [6.07, 6.45) is 2.69. The number of carbonyl (C=O) groups is 2. The number of halogens is 1. The number of carboxylic acids is 1. The number of aryl methyl sites for hydroxylation is 1. The molecule has 1 amide bonds. The molecular formula is C17H23FN2O6S. The molecule has 0 aliphatic carbocycles. The highest BCUT2D eigenvalue weighted by Crippen LogP contribution is 2.35.